The second-order valence-corrected chi connectivity index (χ2v) is 5.66. The highest BCUT2D eigenvalue weighted by Gasteiger charge is 2.16. The zero-order valence-corrected chi connectivity index (χ0v) is 12.8. The van der Waals surface area contributed by atoms with Crippen molar-refractivity contribution < 1.29 is 4.79 Å². The second-order valence-electron chi connectivity index (χ2n) is 5.66. The van der Waals surface area contributed by atoms with Gasteiger partial charge < -0.3 is 10.2 Å². The highest BCUT2D eigenvalue weighted by atomic mass is 16.1. The van der Waals surface area contributed by atoms with Crippen molar-refractivity contribution in [2.45, 2.75) is 13.0 Å². The second kappa shape index (κ2) is 6.58. The van der Waals surface area contributed by atoms with E-state index in [1.54, 1.807) is 6.08 Å². The Morgan fingerprint density at radius 2 is 1.95 bits per heavy atom. The Morgan fingerprint density at radius 1 is 1.14 bits per heavy atom. The summed E-state index contributed by atoms with van der Waals surface area (Å²) in [4.78, 5) is 14.4. The van der Waals surface area contributed by atoms with Crippen LogP contribution in [0.3, 0.4) is 0 Å². The minimum absolute atomic E-state index is 0.0869. The molecule has 0 unspecified atom stereocenters. The lowest BCUT2D eigenvalue weighted by Gasteiger charge is -2.26. The molecule has 1 heterocycles. The van der Waals surface area contributed by atoms with Gasteiger partial charge in [-0.25, -0.2) is 0 Å². The Kier molecular flexibility index (Phi) is 4.35. The van der Waals surface area contributed by atoms with Crippen molar-refractivity contribution in [1.29, 1.82) is 0 Å². The van der Waals surface area contributed by atoms with Gasteiger partial charge in [0.1, 0.15) is 0 Å². The van der Waals surface area contributed by atoms with E-state index in [0.717, 1.165) is 30.8 Å². The molecule has 0 saturated heterocycles. The lowest BCUT2D eigenvalue weighted by atomic mass is 9.98. The minimum atomic E-state index is -0.0869. The molecule has 2 aromatic rings. The number of fused-ring (bicyclic) bond motifs is 1. The number of carbonyl (C=O) groups is 1. The van der Waals surface area contributed by atoms with Crippen molar-refractivity contribution in [1.82, 2.24) is 4.90 Å². The molecule has 0 radical (unpaired) electrons. The first-order valence-electron chi connectivity index (χ1n) is 7.56. The summed E-state index contributed by atoms with van der Waals surface area (Å²) in [6.07, 6.45) is 4.40. The van der Waals surface area contributed by atoms with E-state index < -0.39 is 0 Å². The van der Waals surface area contributed by atoms with E-state index >= 15 is 0 Å². The Balaban J connectivity index is 1.72. The zero-order valence-electron chi connectivity index (χ0n) is 12.8. The molecule has 0 spiro atoms. The van der Waals surface area contributed by atoms with E-state index in [9.17, 15) is 4.79 Å². The lowest BCUT2D eigenvalue weighted by Crippen LogP contribution is -2.27. The summed E-state index contributed by atoms with van der Waals surface area (Å²) in [5.74, 6) is -0.0869. The highest BCUT2D eigenvalue weighted by molar-refractivity contribution is 6.02. The molecule has 1 N–H and O–H groups in total. The molecule has 0 saturated carbocycles. The van der Waals surface area contributed by atoms with E-state index in [-0.39, 0.29) is 5.91 Å². The van der Waals surface area contributed by atoms with Gasteiger partial charge in [0.2, 0.25) is 5.91 Å². The number of nitrogens with zero attached hydrogens (tertiary/aromatic N) is 1. The van der Waals surface area contributed by atoms with Gasteiger partial charge in [0.15, 0.2) is 0 Å². The van der Waals surface area contributed by atoms with Gasteiger partial charge in [0.05, 0.1) is 0 Å². The monoisotopic (exact) mass is 292 g/mol. The Bertz CT molecular complexity index is 692. The number of amides is 1. The number of likely N-dealkylation sites (N-methyl/N-ethyl adjacent to an activating group) is 1. The molecule has 0 atom stereocenters. The summed E-state index contributed by atoms with van der Waals surface area (Å²) in [5, 5.41) is 3.01. The highest BCUT2D eigenvalue weighted by Crippen LogP contribution is 2.25. The fourth-order valence-corrected chi connectivity index (χ4v) is 2.78. The van der Waals surface area contributed by atoms with Crippen molar-refractivity contribution in [2.75, 3.05) is 18.9 Å². The van der Waals surface area contributed by atoms with Crippen LogP contribution in [0.4, 0.5) is 5.69 Å². The van der Waals surface area contributed by atoms with Gasteiger partial charge in [-0.2, -0.15) is 0 Å². The number of hydrogen-bond donors (Lipinski definition) is 1. The number of hydrogen-bond acceptors (Lipinski definition) is 2. The first-order valence-corrected chi connectivity index (χ1v) is 7.56. The molecule has 3 heteroatoms. The maximum absolute atomic E-state index is 12.1. The molecule has 3 rings (SSSR count). The van der Waals surface area contributed by atoms with Crippen LogP contribution in [0.2, 0.25) is 0 Å². The van der Waals surface area contributed by atoms with Gasteiger partial charge in [-0.05, 0) is 42.3 Å². The van der Waals surface area contributed by atoms with Crippen LogP contribution < -0.4 is 5.32 Å². The molecule has 3 nitrogen and oxygen atoms in total. The van der Waals surface area contributed by atoms with Gasteiger partial charge in [0, 0.05) is 24.9 Å². The van der Waals surface area contributed by atoms with Crippen LogP contribution >= 0.6 is 0 Å². The maximum atomic E-state index is 12.1. The largest absolute Gasteiger partial charge is 0.322 e. The fraction of sp³-hybridized carbons (Fsp3) is 0.211. The molecule has 1 amide bonds. The third-order valence-electron chi connectivity index (χ3n) is 3.94. The quantitative estimate of drug-likeness (QED) is 0.880. The summed E-state index contributed by atoms with van der Waals surface area (Å²) >= 11 is 0. The standard InChI is InChI=1S/C19H20N2O/c1-21-13-12-17-16(14-21)8-5-9-18(17)20-19(22)11-10-15-6-3-2-4-7-15/h2-11H,12-14H2,1H3,(H,20,22)/b11-10+. The van der Waals surface area contributed by atoms with Gasteiger partial charge in [-0.15, -0.1) is 0 Å². The van der Waals surface area contributed by atoms with Gasteiger partial charge >= 0.3 is 0 Å². The maximum Gasteiger partial charge on any atom is 0.248 e. The summed E-state index contributed by atoms with van der Waals surface area (Å²) in [5.41, 5.74) is 4.53. The smallest absolute Gasteiger partial charge is 0.248 e. The van der Waals surface area contributed by atoms with E-state index in [0.29, 0.717) is 0 Å². The SMILES string of the molecule is CN1CCc2c(cccc2NC(=O)/C=C/c2ccccc2)C1. The average Bonchev–Trinajstić information content (AvgIpc) is 2.54. The van der Waals surface area contributed by atoms with Crippen molar-refractivity contribution in [3.05, 3.63) is 71.3 Å². The Labute approximate surface area is 131 Å². The first kappa shape index (κ1) is 14.5. The summed E-state index contributed by atoms with van der Waals surface area (Å²) in [6, 6.07) is 16.0. The number of anilines is 1. The van der Waals surface area contributed by atoms with Gasteiger partial charge in [0.25, 0.3) is 0 Å². The third-order valence-corrected chi connectivity index (χ3v) is 3.94. The molecular formula is C19H20N2O. The molecule has 1 aliphatic heterocycles. The molecule has 0 bridgehead atoms. The van der Waals surface area contributed by atoms with E-state index in [4.69, 9.17) is 0 Å². The van der Waals surface area contributed by atoms with E-state index in [1.165, 1.54) is 11.1 Å². The van der Waals surface area contributed by atoms with Crippen molar-refractivity contribution in [3.8, 4) is 0 Å². The van der Waals surface area contributed by atoms with E-state index in [2.05, 4.69) is 23.3 Å². The van der Waals surface area contributed by atoms with Crippen LogP contribution in [-0.4, -0.2) is 24.4 Å². The van der Waals surface area contributed by atoms with Crippen LogP contribution in [0.5, 0.6) is 0 Å². The topological polar surface area (TPSA) is 32.3 Å². The molecule has 1 aliphatic rings. The van der Waals surface area contributed by atoms with Crippen LogP contribution in [0.15, 0.2) is 54.6 Å². The van der Waals surface area contributed by atoms with Crippen LogP contribution in [0.1, 0.15) is 16.7 Å². The molecule has 0 aromatic heterocycles. The Hall–Kier alpha value is -2.39. The fourth-order valence-electron chi connectivity index (χ4n) is 2.78. The van der Waals surface area contributed by atoms with Crippen LogP contribution in [-0.2, 0) is 17.8 Å². The molecule has 22 heavy (non-hydrogen) atoms. The van der Waals surface area contributed by atoms with Gasteiger partial charge in [-0.3, -0.25) is 4.79 Å². The summed E-state index contributed by atoms with van der Waals surface area (Å²) < 4.78 is 0. The van der Waals surface area contributed by atoms with Gasteiger partial charge in [-0.1, -0.05) is 42.5 Å². The van der Waals surface area contributed by atoms with Crippen LogP contribution in [0, 0.1) is 0 Å². The molecular weight excluding hydrogens is 272 g/mol. The predicted molar refractivity (Wildman–Crippen MR) is 90.6 cm³/mol. The van der Waals surface area contributed by atoms with Crippen LogP contribution in [0.25, 0.3) is 6.08 Å². The van der Waals surface area contributed by atoms with Crippen molar-refractivity contribution in [3.63, 3.8) is 0 Å². The Morgan fingerprint density at radius 3 is 2.77 bits per heavy atom. The summed E-state index contributed by atoms with van der Waals surface area (Å²) in [7, 11) is 2.12. The zero-order chi connectivity index (χ0) is 15.4. The number of carbonyl (C=O) groups excluding carboxylic acids is 1. The first-order chi connectivity index (χ1) is 10.7. The molecule has 112 valence electrons. The molecule has 2 aromatic carbocycles. The number of nitrogens with one attached hydrogen (secondary N) is 1. The molecule has 0 fully saturated rings. The molecule has 0 aliphatic carbocycles. The number of benzene rings is 2. The van der Waals surface area contributed by atoms with E-state index in [1.807, 2.05) is 48.5 Å². The van der Waals surface area contributed by atoms with Crippen molar-refractivity contribution in [2.24, 2.45) is 0 Å². The summed E-state index contributed by atoms with van der Waals surface area (Å²) in [6.45, 7) is 1.97. The number of rotatable bonds is 3. The third kappa shape index (κ3) is 3.43. The minimum Gasteiger partial charge on any atom is -0.322 e. The predicted octanol–water partition coefficient (Wildman–Crippen LogP) is 3.33. The normalized spacial score (nSPS) is 14.8. The lowest BCUT2D eigenvalue weighted by molar-refractivity contribution is -0.111. The van der Waals surface area contributed by atoms with Crippen molar-refractivity contribution >= 4 is 17.7 Å². The average molecular weight is 292 g/mol.